The van der Waals surface area contributed by atoms with Crippen molar-refractivity contribution in [2.24, 2.45) is 7.05 Å². The van der Waals surface area contributed by atoms with E-state index in [2.05, 4.69) is 126 Å². The van der Waals surface area contributed by atoms with Gasteiger partial charge in [-0.1, -0.05) is 58.0 Å². The fraction of sp³-hybridized carbons (Fsp3) is 0.310. The molecule has 6 heteroatoms. The molecular weight excluding hydrogens is 545 g/mol. The quantitative estimate of drug-likeness (QED) is 0.200. The topological polar surface area (TPSA) is 40.1 Å². The third-order valence-corrected chi connectivity index (χ3v) is 8.36. The van der Waals surface area contributed by atoms with Gasteiger partial charge < -0.3 is 4.57 Å². The maximum atomic E-state index is 5.29. The predicted molar refractivity (Wildman–Crippen MR) is 155 cm³/mol. The van der Waals surface area contributed by atoms with Crippen molar-refractivity contribution in [3.8, 4) is 11.4 Å². The molecule has 3 aromatic heterocycles. The number of imidazole rings is 3. The minimum Gasteiger partial charge on any atom is -0.312 e. The minimum atomic E-state index is 0.417. The van der Waals surface area contributed by atoms with Gasteiger partial charge in [0.2, 0.25) is 5.78 Å². The zero-order valence-corrected chi connectivity index (χ0v) is 23.5. The highest BCUT2D eigenvalue weighted by Gasteiger charge is 2.24. The van der Waals surface area contributed by atoms with Crippen LogP contribution in [0.25, 0.3) is 50.3 Å². The second-order valence-corrected chi connectivity index (χ2v) is 11.3. The van der Waals surface area contributed by atoms with Gasteiger partial charge in [-0.2, -0.15) is 0 Å². The molecule has 0 radical (unpaired) electrons. The molecule has 6 rings (SSSR count). The van der Waals surface area contributed by atoms with E-state index >= 15 is 0 Å². The third kappa shape index (κ3) is 3.05. The van der Waals surface area contributed by atoms with Gasteiger partial charge in [-0.15, -0.1) is 0 Å². The average Bonchev–Trinajstić information content (AvgIpc) is 3.44. The van der Waals surface area contributed by atoms with E-state index in [1.807, 2.05) is 0 Å². The molecule has 0 aliphatic rings. The minimum absolute atomic E-state index is 0.417. The number of aromatic nitrogens is 5. The lowest BCUT2D eigenvalue weighted by Crippen LogP contribution is -2.02. The van der Waals surface area contributed by atoms with E-state index in [-0.39, 0.29) is 0 Å². The highest BCUT2D eigenvalue weighted by atomic mass is 127. The third-order valence-electron chi connectivity index (χ3n) is 7.42. The van der Waals surface area contributed by atoms with Crippen molar-refractivity contribution in [3.63, 3.8) is 0 Å². The molecule has 0 fully saturated rings. The number of halogens is 1. The molecule has 3 heterocycles. The lowest BCUT2D eigenvalue weighted by molar-refractivity contribution is 0.835. The van der Waals surface area contributed by atoms with Gasteiger partial charge in [0.1, 0.15) is 0 Å². The Kier molecular flexibility index (Phi) is 5.04. The first-order valence-corrected chi connectivity index (χ1v) is 13.2. The highest BCUT2D eigenvalue weighted by molar-refractivity contribution is 14.1. The molecule has 5 nitrogen and oxygen atoms in total. The molecule has 0 aliphatic carbocycles. The summed E-state index contributed by atoms with van der Waals surface area (Å²) in [5, 5.41) is 0. The summed E-state index contributed by atoms with van der Waals surface area (Å²) >= 11 is 2.45. The van der Waals surface area contributed by atoms with Crippen molar-refractivity contribution < 1.29 is 0 Å². The van der Waals surface area contributed by atoms with Crippen molar-refractivity contribution in [2.75, 3.05) is 0 Å². The molecule has 0 spiro atoms. The Hall–Kier alpha value is -2.87. The number of aryl methyl sites for hydroxylation is 3. The van der Waals surface area contributed by atoms with Gasteiger partial charge in [-0.25, -0.2) is 9.97 Å². The summed E-state index contributed by atoms with van der Waals surface area (Å²) in [6.07, 6.45) is 0. The summed E-state index contributed by atoms with van der Waals surface area (Å²) < 4.78 is 6.79. The molecule has 0 N–H and O–H groups in total. The maximum Gasteiger partial charge on any atom is 0.215 e. The molecule has 0 amide bonds. The van der Waals surface area contributed by atoms with Gasteiger partial charge in [0, 0.05) is 18.2 Å². The Balaban J connectivity index is 1.74. The van der Waals surface area contributed by atoms with E-state index < -0.39 is 0 Å². The van der Waals surface area contributed by atoms with Crippen molar-refractivity contribution in [3.05, 3.63) is 64.7 Å². The first-order chi connectivity index (χ1) is 16.7. The number of para-hydroxylation sites is 1. The van der Waals surface area contributed by atoms with Crippen LogP contribution in [0.15, 0.2) is 42.5 Å². The Bertz CT molecular complexity index is 1770. The molecule has 35 heavy (non-hydrogen) atoms. The molecular formula is C29H30IN5. The normalized spacial score (nSPS) is 12.5. The molecule has 0 aliphatic heterocycles. The zero-order valence-electron chi connectivity index (χ0n) is 21.3. The molecule has 3 aromatic carbocycles. The van der Waals surface area contributed by atoms with E-state index in [1.165, 1.54) is 38.9 Å². The van der Waals surface area contributed by atoms with Crippen LogP contribution >= 0.6 is 22.9 Å². The van der Waals surface area contributed by atoms with Crippen LogP contribution < -0.4 is 0 Å². The predicted octanol–water partition coefficient (Wildman–Crippen LogP) is 8.06. The molecule has 0 atom stereocenters. The Morgan fingerprint density at radius 1 is 0.829 bits per heavy atom. The molecule has 178 valence electrons. The summed E-state index contributed by atoms with van der Waals surface area (Å²) in [7, 11) is 2.12. The fourth-order valence-corrected chi connectivity index (χ4v) is 6.66. The number of benzene rings is 3. The van der Waals surface area contributed by atoms with Crippen LogP contribution in [0.2, 0.25) is 0 Å². The number of fused-ring (bicyclic) bond motifs is 6. The van der Waals surface area contributed by atoms with E-state index in [0.717, 1.165) is 33.7 Å². The standard InChI is InChI=1S/C29H30IN5/c1-15(2)19-11-9-12-20(16(3)4)24(19)28-31-21-14-23-27(18(6)26(21)35(28)30)33(7)29-32-25-17(5)10-8-13-22(25)34(23)29/h8-16H,1-7H3. The number of nitrogens with zero attached hydrogens (tertiary/aromatic N) is 5. The van der Waals surface area contributed by atoms with Crippen LogP contribution in [0.5, 0.6) is 0 Å². The summed E-state index contributed by atoms with van der Waals surface area (Å²) in [5.41, 5.74) is 13.2. The zero-order chi connectivity index (χ0) is 24.8. The Morgan fingerprint density at radius 3 is 2.14 bits per heavy atom. The largest absolute Gasteiger partial charge is 0.312 e. The lowest BCUT2D eigenvalue weighted by atomic mass is 9.88. The molecule has 0 saturated carbocycles. The van der Waals surface area contributed by atoms with Gasteiger partial charge in [-0.05, 0) is 54.5 Å². The van der Waals surface area contributed by atoms with Crippen molar-refractivity contribution in [1.29, 1.82) is 0 Å². The highest BCUT2D eigenvalue weighted by Crippen LogP contribution is 2.40. The second-order valence-electron chi connectivity index (χ2n) is 10.3. The SMILES string of the molecule is Cc1cccc2c1nc1n(C)c3c(C)c4c(cc3n21)nc(-c1c(C(C)C)cccc1C(C)C)n4I. The van der Waals surface area contributed by atoms with Gasteiger partial charge in [0.05, 0.1) is 56.0 Å². The number of hydrogen-bond donors (Lipinski definition) is 0. The van der Waals surface area contributed by atoms with Crippen LogP contribution in [0.4, 0.5) is 0 Å². The Morgan fingerprint density at radius 2 is 1.49 bits per heavy atom. The van der Waals surface area contributed by atoms with Crippen LogP contribution in [-0.2, 0) is 7.05 Å². The lowest BCUT2D eigenvalue weighted by Gasteiger charge is -2.19. The molecule has 0 unspecified atom stereocenters. The van der Waals surface area contributed by atoms with Gasteiger partial charge in [-0.3, -0.25) is 7.18 Å². The van der Waals surface area contributed by atoms with Crippen LogP contribution in [-0.4, -0.2) is 21.7 Å². The summed E-state index contributed by atoms with van der Waals surface area (Å²) in [6, 6.07) is 15.4. The van der Waals surface area contributed by atoms with Crippen LogP contribution in [0.1, 0.15) is 61.8 Å². The summed E-state index contributed by atoms with van der Waals surface area (Å²) in [4.78, 5) is 10.3. The molecule has 6 aromatic rings. The second kappa shape index (κ2) is 7.82. The van der Waals surface area contributed by atoms with Crippen LogP contribution in [0, 0.1) is 13.8 Å². The molecule has 0 bridgehead atoms. The average molecular weight is 575 g/mol. The Labute approximate surface area is 219 Å². The van der Waals surface area contributed by atoms with E-state index in [1.54, 1.807) is 0 Å². The van der Waals surface area contributed by atoms with E-state index in [4.69, 9.17) is 9.97 Å². The van der Waals surface area contributed by atoms with Gasteiger partial charge in [0.25, 0.3) is 0 Å². The van der Waals surface area contributed by atoms with E-state index in [9.17, 15) is 0 Å². The summed E-state index contributed by atoms with van der Waals surface area (Å²) in [5.74, 6) is 2.84. The summed E-state index contributed by atoms with van der Waals surface area (Å²) in [6.45, 7) is 13.4. The molecule has 0 saturated heterocycles. The first-order valence-electron chi connectivity index (χ1n) is 12.3. The fourth-order valence-electron chi connectivity index (χ4n) is 5.71. The van der Waals surface area contributed by atoms with Gasteiger partial charge >= 0.3 is 0 Å². The van der Waals surface area contributed by atoms with Gasteiger partial charge in [0.15, 0.2) is 5.82 Å². The van der Waals surface area contributed by atoms with Crippen LogP contribution in [0.3, 0.4) is 0 Å². The van der Waals surface area contributed by atoms with Crippen molar-refractivity contribution in [1.82, 2.24) is 21.7 Å². The monoisotopic (exact) mass is 575 g/mol. The number of hydrogen-bond acceptors (Lipinski definition) is 2. The van der Waals surface area contributed by atoms with E-state index in [0.29, 0.717) is 11.8 Å². The van der Waals surface area contributed by atoms with Crippen molar-refractivity contribution >= 4 is 61.7 Å². The number of rotatable bonds is 3. The smallest absolute Gasteiger partial charge is 0.215 e. The van der Waals surface area contributed by atoms with Crippen molar-refractivity contribution in [2.45, 2.75) is 53.4 Å². The maximum absolute atomic E-state index is 5.29. The first kappa shape index (κ1) is 22.6.